The van der Waals surface area contributed by atoms with E-state index in [9.17, 15) is 0 Å². The van der Waals surface area contributed by atoms with Crippen molar-refractivity contribution < 1.29 is 4.42 Å². The first-order valence-electron chi connectivity index (χ1n) is 6.66. The zero-order chi connectivity index (χ0) is 12.5. The minimum absolute atomic E-state index is 1.01. The van der Waals surface area contributed by atoms with E-state index in [2.05, 4.69) is 35.3 Å². The Hall–Kier alpha value is -1.32. The summed E-state index contributed by atoms with van der Waals surface area (Å²) in [4.78, 5) is 2.50. The molecule has 1 saturated heterocycles. The third-order valence-corrected chi connectivity index (χ3v) is 3.85. The third kappa shape index (κ3) is 2.16. The van der Waals surface area contributed by atoms with Crippen molar-refractivity contribution in [1.29, 1.82) is 0 Å². The van der Waals surface area contributed by atoms with Crippen LogP contribution < -0.4 is 5.32 Å². The average molecular weight is 244 g/mol. The molecule has 0 amide bonds. The molecule has 96 valence electrons. The number of hydrogen-bond acceptors (Lipinski definition) is 3. The second kappa shape index (κ2) is 4.75. The Bertz CT molecular complexity index is 553. The van der Waals surface area contributed by atoms with Crippen molar-refractivity contribution in [3.63, 3.8) is 0 Å². The molecule has 1 N–H and O–H groups in total. The molecule has 0 spiro atoms. The van der Waals surface area contributed by atoms with Gasteiger partial charge in [-0.05, 0) is 37.1 Å². The van der Waals surface area contributed by atoms with Crippen molar-refractivity contribution in [3.05, 3.63) is 35.1 Å². The Morgan fingerprint density at radius 3 is 2.78 bits per heavy atom. The first-order chi connectivity index (χ1) is 8.74. The molecule has 3 rings (SSSR count). The van der Waals surface area contributed by atoms with Crippen LogP contribution in [0, 0.1) is 13.8 Å². The topological polar surface area (TPSA) is 28.4 Å². The Balaban J connectivity index is 1.85. The fraction of sp³-hybridized carbons (Fsp3) is 0.467. The number of piperazine rings is 1. The average Bonchev–Trinajstić information content (AvgIpc) is 2.67. The Kier molecular flexibility index (Phi) is 3.10. The molecule has 0 bridgehead atoms. The molecule has 1 aliphatic heterocycles. The Labute approximate surface area is 108 Å². The summed E-state index contributed by atoms with van der Waals surface area (Å²) in [6, 6.07) is 6.57. The maximum absolute atomic E-state index is 5.72. The second-order valence-corrected chi connectivity index (χ2v) is 5.14. The Morgan fingerprint density at radius 1 is 1.22 bits per heavy atom. The number of furan rings is 1. The zero-order valence-corrected chi connectivity index (χ0v) is 11.1. The molecule has 0 atom stereocenters. The van der Waals surface area contributed by atoms with E-state index in [-0.39, 0.29) is 0 Å². The SMILES string of the molecule is Cc1oc2ccc(CN3CCNCC3)cc2c1C. The van der Waals surface area contributed by atoms with E-state index in [0.29, 0.717) is 0 Å². The van der Waals surface area contributed by atoms with Crippen molar-refractivity contribution in [3.8, 4) is 0 Å². The lowest BCUT2D eigenvalue weighted by Crippen LogP contribution is -2.42. The first kappa shape index (κ1) is 11.8. The van der Waals surface area contributed by atoms with Gasteiger partial charge >= 0.3 is 0 Å². The highest BCUT2D eigenvalue weighted by Crippen LogP contribution is 2.26. The second-order valence-electron chi connectivity index (χ2n) is 5.14. The van der Waals surface area contributed by atoms with Crippen LogP contribution in [0.2, 0.25) is 0 Å². The van der Waals surface area contributed by atoms with Gasteiger partial charge in [-0.1, -0.05) is 6.07 Å². The van der Waals surface area contributed by atoms with Gasteiger partial charge in [0.2, 0.25) is 0 Å². The molecule has 3 heteroatoms. The number of aryl methyl sites for hydroxylation is 2. The molecule has 2 heterocycles. The summed E-state index contributed by atoms with van der Waals surface area (Å²) in [7, 11) is 0. The molecule has 1 aliphatic rings. The van der Waals surface area contributed by atoms with Gasteiger partial charge in [0.1, 0.15) is 11.3 Å². The molecular formula is C15H20N2O. The van der Waals surface area contributed by atoms with Gasteiger partial charge in [0, 0.05) is 38.1 Å². The number of rotatable bonds is 2. The number of nitrogens with one attached hydrogen (secondary N) is 1. The molecule has 0 radical (unpaired) electrons. The van der Waals surface area contributed by atoms with Gasteiger partial charge in [-0.2, -0.15) is 0 Å². The highest BCUT2D eigenvalue weighted by atomic mass is 16.3. The molecule has 0 unspecified atom stereocenters. The summed E-state index contributed by atoms with van der Waals surface area (Å²) in [6.07, 6.45) is 0. The molecule has 1 aromatic heterocycles. The lowest BCUT2D eigenvalue weighted by atomic mass is 10.1. The highest BCUT2D eigenvalue weighted by molar-refractivity contribution is 5.82. The van der Waals surface area contributed by atoms with Crippen LogP contribution in [-0.2, 0) is 6.54 Å². The van der Waals surface area contributed by atoms with E-state index in [4.69, 9.17) is 4.42 Å². The van der Waals surface area contributed by atoms with Gasteiger partial charge < -0.3 is 9.73 Å². The summed E-state index contributed by atoms with van der Waals surface area (Å²) < 4.78 is 5.72. The van der Waals surface area contributed by atoms with E-state index in [1.807, 2.05) is 6.92 Å². The monoisotopic (exact) mass is 244 g/mol. The van der Waals surface area contributed by atoms with Gasteiger partial charge in [0.05, 0.1) is 0 Å². The molecular weight excluding hydrogens is 224 g/mol. The van der Waals surface area contributed by atoms with Crippen molar-refractivity contribution in [2.75, 3.05) is 26.2 Å². The van der Waals surface area contributed by atoms with Crippen molar-refractivity contribution in [2.24, 2.45) is 0 Å². The fourth-order valence-corrected chi connectivity index (χ4v) is 2.62. The van der Waals surface area contributed by atoms with Crippen LogP contribution in [0.3, 0.4) is 0 Å². The summed E-state index contributed by atoms with van der Waals surface area (Å²) in [5.74, 6) is 1.03. The number of benzene rings is 1. The highest BCUT2D eigenvalue weighted by Gasteiger charge is 2.12. The number of hydrogen-bond donors (Lipinski definition) is 1. The van der Waals surface area contributed by atoms with Gasteiger partial charge in [-0.3, -0.25) is 4.90 Å². The van der Waals surface area contributed by atoms with Crippen LogP contribution >= 0.6 is 0 Å². The van der Waals surface area contributed by atoms with E-state index in [1.165, 1.54) is 16.5 Å². The normalized spacial score (nSPS) is 17.4. The minimum Gasteiger partial charge on any atom is -0.461 e. The molecule has 3 nitrogen and oxygen atoms in total. The largest absolute Gasteiger partial charge is 0.461 e. The predicted octanol–water partition coefficient (Wildman–Crippen LogP) is 2.45. The van der Waals surface area contributed by atoms with Crippen LogP contribution in [0.1, 0.15) is 16.9 Å². The van der Waals surface area contributed by atoms with Crippen molar-refractivity contribution in [2.45, 2.75) is 20.4 Å². The molecule has 18 heavy (non-hydrogen) atoms. The molecule has 2 aromatic rings. The van der Waals surface area contributed by atoms with Crippen LogP contribution in [0.5, 0.6) is 0 Å². The van der Waals surface area contributed by atoms with Crippen LogP contribution in [0.4, 0.5) is 0 Å². The molecule has 1 fully saturated rings. The zero-order valence-electron chi connectivity index (χ0n) is 11.1. The van der Waals surface area contributed by atoms with Crippen LogP contribution in [0.15, 0.2) is 22.6 Å². The standard InChI is InChI=1S/C15H20N2O/c1-11-12(2)18-15-4-3-13(9-14(11)15)10-17-7-5-16-6-8-17/h3-4,9,16H,5-8,10H2,1-2H3. The number of fused-ring (bicyclic) bond motifs is 1. The van der Waals surface area contributed by atoms with Crippen LogP contribution in [0.25, 0.3) is 11.0 Å². The molecule has 0 aliphatic carbocycles. The van der Waals surface area contributed by atoms with E-state index >= 15 is 0 Å². The Morgan fingerprint density at radius 2 is 2.00 bits per heavy atom. The van der Waals surface area contributed by atoms with Gasteiger partial charge in [-0.15, -0.1) is 0 Å². The van der Waals surface area contributed by atoms with Gasteiger partial charge in [0.25, 0.3) is 0 Å². The number of nitrogens with zero attached hydrogens (tertiary/aromatic N) is 1. The van der Waals surface area contributed by atoms with E-state index in [1.54, 1.807) is 0 Å². The van der Waals surface area contributed by atoms with Crippen molar-refractivity contribution in [1.82, 2.24) is 10.2 Å². The molecule has 1 aromatic carbocycles. The summed E-state index contributed by atoms with van der Waals surface area (Å²) in [5.41, 5.74) is 3.66. The van der Waals surface area contributed by atoms with Crippen LogP contribution in [-0.4, -0.2) is 31.1 Å². The van der Waals surface area contributed by atoms with Crippen molar-refractivity contribution >= 4 is 11.0 Å². The third-order valence-electron chi connectivity index (χ3n) is 3.85. The summed E-state index contributed by atoms with van der Waals surface area (Å²) in [6.45, 7) is 9.70. The lowest BCUT2D eigenvalue weighted by Gasteiger charge is -2.27. The smallest absolute Gasteiger partial charge is 0.134 e. The first-order valence-corrected chi connectivity index (χ1v) is 6.66. The fourth-order valence-electron chi connectivity index (χ4n) is 2.62. The predicted molar refractivity (Wildman–Crippen MR) is 73.8 cm³/mol. The minimum atomic E-state index is 1.01. The van der Waals surface area contributed by atoms with E-state index < -0.39 is 0 Å². The summed E-state index contributed by atoms with van der Waals surface area (Å²) >= 11 is 0. The molecule has 0 saturated carbocycles. The van der Waals surface area contributed by atoms with Gasteiger partial charge in [-0.25, -0.2) is 0 Å². The summed E-state index contributed by atoms with van der Waals surface area (Å²) in [5, 5.41) is 4.65. The van der Waals surface area contributed by atoms with Gasteiger partial charge in [0.15, 0.2) is 0 Å². The quantitative estimate of drug-likeness (QED) is 0.879. The maximum atomic E-state index is 5.72. The van der Waals surface area contributed by atoms with E-state index in [0.717, 1.165) is 44.1 Å². The lowest BCUT2D eigenvalue weighted by molar-refractivity contribution is 0.233. The maximum Gasteiger partial charge on any atom is 0.134 e.